The topological polar surface area (TPSA) is 98.7 Å². The third kappa shape index (κ3) is 7.86. The van der Waals surface area contributed by atoms with Crippen molar-refractivity contribution in [3.05, 3.63) is 107 Å². The molecule has 3 atom stereocenters. The summed E-state index contributed by atoms with van der Waals surface area (Å²) in [6.07, 6.45) is -1.31. The van der Waals surface area contributed by atoms with Crippen molar-refractivity contribution in [1.82, 2.24) is 15.5 Å². The highest BCUT2D eigenvalue weighted by atomic mass is 32.2. The molecular weight excluding hydrogens is 558 g/mol. The van der Waals surface area contributed by atoms with Gasteiger partial charge in [0.2, 0.25) is 5.91 Å². The molecule has 3 amide bonds. The van der Waals surface area contributed by atoms with Crippen LogP contribution in [0, 0.1) is 6.92 Å². The lowest BCUT2D eigenvalue weighted by Gasteiger charge is -2.33. The Morgan fingerprint density at radius 2 is 1.60 bits per heavy atom. The highest BCUT2D eigenvalue weighted by Gasteiger charge is 2.49. The molecule has 0 saturated carbocycles. The summed E-state index contributed by atoms with van der Waals surface area (Å²) < 4.78 is -0.571. The molecule has 3 aromatic rings. The fraction of sp³-hybridized carbons (Fsp3) is 0.400. The second-order valence-corrected chi connectivity index (χ2v) is 14.4. The molecule has 43 heavy (non-hydrogen) atoms. The number of benzene rings is 3. The summed E-state index contributed by atoms with van der Waals surface area (Å²) in [6, 6.07) is 22.9. The number of nitrogens with one attached hydrogen (secondary N) is 2. The molecule has 0 unspecified atom stereocenters. The summed E-state index contributed by atoms with van der Waals surface area (Å²) in [7, 11) is 0. The molecule has 7 nitrogen and oxygen atoms in total. The monoisotopic (exact) mass is 601 g/mol. The summed E-state index contributed by atoms with van der Waals surface area (Å²) in [5.74, 6) is -0.984. The predicted octanol–water partition coefficient (Wildman–Crippen LogP) is 4.99. The van der Waals surface area contributed by atoms with E-state index in [0.717, 1.165) is 22.3 Å². The summed E-state index contributed by atoms with van der Waals surface area (Å²) in [6.45, 7) is 12.5. The van der Waals surface area contributed by atoms with Crippen molar-refractivity contribution in [2.45, 2.75) is 82.9 Å². The standard InChI is InChI=1S/C35H43N3O4S/c1-23-12-10-11-15-26(23)21-36-32(41)30-35(5,6)43-22-38(30)33(42)29(39)28(20-24-13-8-7-9-14-24)37-31(40)25-16-18-27(19-17-25)34(2,3)4/h7-19,28-30,39H,20-22H2,1-6H3,(H,36,41)(H,37,40)/t28-,29-,30+/m0/s1. The molecule has 0 aliphatic carbocycles. The van der Waals surface area contributed by atoms with Crippen LogP contribution in [0.3, 0.4) is 0 Å². The van der Waals surface area contributed by atoms with Gasteiger partial charge in [-0.15, -0.1) is 11.8 Å². The van der Waals surface area contributed by atoms with Gasteiger partial charge in [-0.3, -0.25) is 14.4 Å². The van der Waals surface area contributed by atoms with E-state index in [-0.39, 0.29) is 29.5 Å². The van der Waals surface area contributed by atoms with E-state index in [4.69, 9.17) is 0 Å². The first-order chi connectivity index (χ1) is 20.3. The molecule has 1 heterocycles. The van der Waals surface area contributed by atoms with E-state index in [1.54, 1.807) is 12.1 Å². The molecule has 3 N–H and O–H groups in total. The van der Waals surface area contributed by atoms with Gasteiger partial charge in [-0.25, -0.2) is 0 Å². The van der Waals surface area contributed by atoms with Crippen molar-refractivity contribution < 1.29 is 19.5 Å². The van der Waals surface area contributed by atoms with Gasteiger partial charge in [-0.2, -0.15) is 0 Å². The van der Waals surface area contributed by atoms with Crippen LogP contribution in [0.15, 0.2) is 78.9 Å². The maximum absolute atomic E-state index is 13.9. The zero-order chi connectivity index (χ0) is 31.4. The molecule has 1 saturated heterocycles. The summed E-state index contributed by atoms with van der Waals surface area (Å²) in [5.41, 5.74) is 4.42. The smallest absolute Gasteiger partial charge is 0.254 e. The number of aliphatic hydroxyl groups is 1. The van der Waals surface area contributed by atoms with Crippen molar-refractivity contribution in [3.8, 4) is 0 Å². The number of hydrogen-bond acceptors (Lipinski definition) is 5. The van der Waals surface area contributed by atoms with Gasteiger partial charge in [0, 0.05) is 16.9 Å². The van der Waals surface area contributed by atoms with Gasteiger partial charge in [-0.05, 0) is 67.0 Å². The van der Waals surface area contributed by atoms with Crippen molar-refractivity contribution in [3.63, 3.8) is 0 Å². The molecule has 0 bridgehead atoms. The average Bonchev–Trinajstić information content (AvgIpc) is 3.30. The largest absolute Gasteiger partial charge is 0.381 e. The van der Waals surface area contributed by atoms with Crippen molar-refractivity contribution in [2.75, 3.05) is 5.88 Å². The zero-order valence-corrected chi connectivity index (χ0v) is 26.7. The summed E-state index contributed by atoms with van der Waals surface area (Å²) >= 11 is 1.49. The van der Waals surface area contributed by atoms with Gasteiger partial charge in [0.15, 0.2) is 6.10 Å². The number of rotatable bonds is 9. The highest BCUT2D eigenvalue weighted by molar-refractivity contribution is 8.00. The van der Waals surface area contributed by atoms with Crippen molar-refractivity contribution in [1.29, 1.82) is 0 Å². The lowest BCUT2D eigenvalue weighted by Crippen LogP contribution is -2.58. The first-order valence-electron chi connectivity index (χ1n) is 14.7. The van der Waals surface area contributed by atoms with Crippen LogP contribution in [0.1, 0.15) is 67.2 Å². The number of carbonyl (C=O) groups excluding carboxylic acids is 3. The Hall–Kier alpha value is -3.62. The minimum Gasteiger partial charge on any atom is -0.381 e. The number of thioether (sulfide) groups is 1. The number of carbonyl (C=O) groups is 3. The van der Waals surface area contributed by atoms with Crippen LogP contribution in [-0.2, 0) is 28.0 Å². The Labute approximate surface area is 259 Å². The lowest BCUT2D eigenvalue weighted by atomic mass is 9.86. The average molecular weight is 602 g/mol. The number of aliphatic hydroxyl groups excluding tert-OH is 1. The summed E-state index contributed by atoms with van der Waals surface area (Å²) in [4.78, 5) is 42.3. The normalized spacial score (nSPS) is 17.7. The molecule has 0 aromatic heterocycles. The Bertz CT molecular complexity index is 1430. The number of aryl methyl sites for hydroxylation is 1. The molecular formula is C35H43N3O4S. The minimum absolute atomic E-state index is 0.0578. The van der Waals surface area contributed by atoms with Crippen LogP contribution in [-0.4, -0.2) is 56.5 Å². The first kappa shape index (κ1) is 32.3. The second-order valence-electron chi connectivity index (χ2n) is 12.8. The van der Waals surface area contributed by atoms with Crippen LogP contribution >= 0.6 is 11.8 Å². The van der Waals surface area contributed by atoms with E-state index in [2.05, 4.69) is 31.4 Å². The van der Waals surface area contributed by atoms with Gasteiger partial charge in [-0.1, -0.05) is 87.5 Å². The minimum atomic E-state index is -1.56. The third-order valence-electron chi connectivity index (χ3n) is 8.05. The quantitative estimate of drug-likeness (QED) is 0.321. The predicted molar refractivity (Wildman–Crippen MR) is 173 cm³/mol. The fourth-order valence-electron chi connectivity index (χ4n) is 5.33. The molecule has 4 rings (SSSR count). The highest BCUT2D eigenvalue weighted by Crippen LogP contribution is 2.40. The van der Waals surface area contributed by atoms with Crippen molar-refractivity contribution in [2.24, 2.45) is 0 Å². The number of hydrogen-bond donors (Lipinski definition) is 3. The molecule has 3 aromatic carbocycles. The SMILES string of the molecule is Cc1ccccc1CNC(=O)[C@H]1N(C(=O)[C@@H](O)[C@H](Cc2ccccc2)NC(=O)c2ccc(C(C)(C)C)cc2)CSC1(C)C. The van der Waals surface area contributed by atoms with Gasteiger partial charge >= 0.3 is 0 Å². The van der Waals surface area contributed by atoms with Gasteiger partial charge in [0.05, 0.1) is 11.9 Å². The van der Waals surface area contributed by atoms with Gasteiger partial charge < -0.3 is 20.6 Å². The maximum atomic E-state index is 13.9. The Morgan fingerprint density at radius 3 is 2.23 bits per heavy atom. The van der Waals surface area contributed by atoms with Crippen LogP contribution < -0.4 is 10.6 Å². The number of amides is 3. The Kier molecular flexibility index (Phi) is 10.0. The van der Waals surface area contributed by atoms with Crippen LogP contribution in [0.5, 0.6) is 0 Å². The molecule has 1 aliphatic rings. The van der Waals surface area contributed by atoms with Crippen LogP contribution in [0.2, 0.25) is 0 Å². The van der Waals surface area contributed by atoms with E-state index >= 15 is 0 Å². The third-order valence-corrected chi connectivity index (χ3v) is 9.43. The van der Waals surface area contributed by atoms with E-state index < -0.39 is 28.8 Å². The summed E-state index contributed by atoms with van der Waals surface area (Å²) in [5, 5.41) is 17.4. The van der Waals surface area contributed by atoms with Gasteiger partial charge in [0.1, 0.15) is 6.04 Å². The van der Waals surface area contributed by atoms with E-state index in [0.29, 0.717) is 12.1 Å². The molecule has 8 heteroatoms. The van der Waals surface area contributed by atoms with Crippen LogP contribution in [0.4, 0.5) is 0 Å². The fourth-order valence-corrected chi connectivity index (χ4v) is 6.47. The molecule has 0 radical (unpaired) electrons. The van der Waals surface area contributed by atoms with E-state index in [9.17, 15) is 19.5 Å². The Balaban J connectivity index is 1.54. The molecule has 1 fully saturated rings. The van der Waals surface area contributed by atoms with Crippen molar-refractivity contribution >= 4 is 29.5 Å². The Morgan fingerprint density at radius 1 is 0.977 bits per heavy atom. The molecule has 228 valence electrons. The number of nitrogens with zero attached hydrogens (tertiary/aromatic N) is 1. The van der Waals surface area contributed by atoms with E-state index in [1.807, 2.05) is 87.5 Å². The maximum Gasteiger partial charge on any atom is 0.254 e. The molecule has 1 aliphatic heterocycles. The lowest BCUT2D eigenvalue weighted by molar-refractivity contribution is -0.147. The second kappa shape index (κ2) is 13.3. The van der Waals surface area contributed by atoms with Gasteiger partial charge in [0.25, 0.3) is 11.8 Å². The molecule has 0 spiro atoms. The van der Waals surface area contributed by atoms with Crippen LogP contribution in [0.25, 0.3) is 0 Å². The first-order valence-corrected chi connectivity index (χ1v) is 15.7. The van der Waals surface area contributed by atoms with E-state index in [1.165, 1.54) is 16.7 Å². The zero-order valence-electron chi connectivity index (χ0n) is 25.9.